The first-order valence-corrected chi connectivity index (χ1v) is 11.2. The van der Waals surface area contributed by atoms with E-state index in [4.69, 9.17) is 0 Å². The number of hydrogen-bond acceptors (Lipinski definition) is 4. The quantitative estimate of drug-likeness (QED) is 0.693. The van der Waals surface area contributed by atoms with E-state index >= 15 is 0 Å². The van der Waals surface area contributed by atoms with Crippen LogP contribution in [0, 0.1) is 34.6 Å². The molecule has 1 heterocycles. The highest BCUT2D eigenvalue weighted by Crippen LogP contribution is 2.32. The summed E-state index contributed by atoms with van der Waals surface area (Å²) in [5.41, 5.74) is 4.46. The van der Waals surface area contributed by atoms with Gasteiger partial charge in [0, 0.05) is 33.2 Å². The molecule has 0 N–H and O–H groups in total. The fourth-order valence-electron chi connectivity index (χ4n) is 3.78. The zero-order chi connectivity index (χ0) is 23.0. The highest BCUT2D eigenvalue weighted by molar-refractivity contribution is 7.89. The van der Waals surface area contributed by atoms with Crippen molar-refractivity contribution in [2.24, 2.45) is 0 Å². The maximum absolute atomic E-state index is 13.3. The molecule has 0 bridgehead atoms. The van der Waals surface area contributed by atoms with Crippen molar-refractivity contribution in [1.29, 1.82) is 0 Å². The Morgan fingerprint density at radius 2 is 1.33 bits per heavy atom. The summed E-state index contributed by atoms with van der Waals surface area (Å²) in [6.45, 7) is 8.90. The summed E-state index contributed by atoms with van der Waals surface area (Å²) < 4.78 is 65.5. The molecule has 1 saturated heterocycles. The van der Waals surface area contributed by atoms with E-state index in [0.717, 1.165) is 34.9 Å². The topological polar surface area (TPSA) is 60.9 Å². The first-order valence-electron chi connectivity index (χ1n) is 9.77. The summed E-state index contributed by atoms with van der Waals surface area (Å²) >= 11 is 0. The van der Waals surface area contributed by atoms with Gasteiger partial charge in [0.25, 0.3) is 0 Å². The lowest BCUT2D eigenvalue weighted by Gasteiger charge is -2.35. The van der Waals surface area contributed by atoms with E-state index in [2.05, 4.69) is 0 Å². The second-order valence-corrected chi connectivity index (χ2v) is 9.87. The smallest absolute Gasteiger partial charge is 0.336 e. The molecule has 1 aromatic rings. The van der Waals surface area contributed by atoms with Crippen LogP contribution in [0.5, 0.6) is 0 Å². The highest BCUT2D eigenvalue weighted by atomic mass is 32.2. The molecule has 170 valence electrons. The number of amides is 1. The van der Waals surface area contributed by atoms with E-state index in [1.807, 2.05) is 34.6 Å². The molecular weight excluding hydrogens is 419 g/mol. The molecule has 30 heavy (non-hydrogen) atoms. The number of benzene rings is 1. The van der Waals surface area contributed by atoms with Gasteiger partial charge in [-0.2, -0.15) is 17.5 Å². The van der Waals surface area contributed by atoms with E-state index in [1.54, 1.807) is 4.90 Å². The number of rotatable bonds is 5. The van der Waals surface area contributed by atoms with Gasteiger partial charge in [0.1, 0.15) is 6.54 Å². The Labute approximate surface area is 176 Å². The van der Waals surface area contributed by atoms with E-state index in [9.17, 15) is 26.4 Å². The summed E-state index contributed by atoms with van der Waals surface area (Å²) in [6, 6.07) is 0. The van der Waals surface area contributed by atoms with Crippen molar-refractivity contribution in [3.05, 3.63) is 27.8 Å². The minimum absolute atomic E-state index is 0.165. The number of likely N-dealkylation sites (N-methyl/N-ethyl adjacent to an activating group) is 1. The maximum Gasteiger partial charge on any atom is 0.406 e. The second-order valence-electron chi connectivity index (χ2n) is 8.00. The largest absolute Gasteiger partial charge is 0.406 e. The number of carbonyl (C=O) groups excluding carboxylic acids is 1. The monoisotopic (exact) mass is 449 g/mol. The molecule has 0 spiro atoms. The summed E-state index contributed by atoms with van der Waals surface area (Å²) in [7, 11) is -2.60. The molecule has 0 unspecified atom stereocenters. The predicted molar refractivity (Wildman–Crippen MR) is 109 cm³/mol. The van der Waals surface area contributed by atoms with Crippen molar-refractivity contribution in [3.63, 3.8) is 0 Å². The fraction of sp³-hybridized carbons (Fsp3) is 0.650. The Kier molecular flexibility index (Phi) is 7.25. The molecule has 1 aliphatic heterocycles. The van der Waals surface area contributed by atoms with Gasteiger partial charge >= 0.3 is 6.18 Å². The molecule has 0 atom stereocenters. The van der Waals surface area contributed by atoms with Crippen molar-refractivity contribution in [1.82, 2.24) is 14.1 Å². The molecular formula is C20H30F3N3O3S. The van der Waals surface area contributed by atoms with Crippen molar-refractivity contribution in [3.8, 4) is 0 Å². The van der Waals surface area contributed by atoms with Crippen LogP contribution in [0.1, 0.15) is 27.8 Å². The zero-order valence-electron chi connectivity index (χ0n) is 18.4. The molecule has 2 rings (SSSR count). The number of alkyl halides is 3. The number of hydrogen-bond donors (Lipinski definition) is 0. The molecule has 1 aromatic carbocycles. The molecule has 0 aromatic heterocycles. The lowest BCUT2D eigenvalue weighted by atomic mass is 9.95. The van der Waals surface area contributed by atoms with Gasteiger partial charge in [0.2, 0.25) is 15.9 Å². The predicted octanol–water partition coefficient (Wildman–Crippen LogP) is 2.56. The number of sulfonamides is 1. The van der Waals surface area contributed by atoms with Crippen molar-refractivity contribution in [2.45, 2.75) is 45.7 Å². The van der Waals surface area contributed by atoms with Crippen LogP contribution in [-0.2, 0) is 14.8 Å². The van der Waals surface area contributed by atoms with Gasteiger partial charge in [-0.1, -0.05) is 0 Å². The Morgan fingerprint density at radius 3 is 1.77 bits per heavy atom. The van der Waals surface area contributed by atoms with E-state index in [0.29, 0.717) is 9.80 Å². The lowest BCUT2D eigenvalue weighted by molar-refractivity contribution is -0.159. The van der Waals surface area contributed by atoms with Crippen LogP contribution in [0.2, 0.25) is 0 Å². The Hall–Kier alpha value is -1.65. The number of halogens is 3. The Morgan fingerprint density at radius 1 is 0.900 bits per heavy atom. The first kappa shape index (κ1) is 24.6. The third-order valence-electron chi connectivity index (χ3n) is 6.06. The SMILES string of the molecule is Cc1c(C)c(C)c(S(=O)(=O)N2CCN(CC(=O)N(C)CC(F)(F)F)CC2)c(C)c1C. The van der Waals surface area contributed by atoms with E-state index in [1.165, 1.54) is 4.31 Å². The normalized spacial score (nSPS) is 16.7. The van der Waals surface area contributed by atoms with Crippen LogP contribution in [0.4, 0.5) is 13.2 Å². The summed E-state index contributed by atoms with van der Waals surface area (Å²) in [5, 5.41) is 0. The second kappa shape index (κ2) is 8.84. The van der Waals surface area contributed by atoms with E-state index in [-0.39, 0.29) is 32.7 Å². The average molecular weight is 450 g/mol. The number of piperazine rings is 1. The van der Waals surface area contributed by atoms with E-state index < -0.39 is 28.7 Å². The first-order chi connectivity index (χ1) is 13.7. The molecule has 1 aliphatic rings. The summed E-state index contributed by atoms with van der Waals surface area (Å²) in [5.74, 6) is -0.639. The number of carbonyl (C=O) groups is 1. The molecule has 6 nitrogen and oxygen atoms in total. The van der Waals surface area contributed by atoms with Crippen LogP contribution >= 0.6 is 0 Å². The molecule has 0 saturated carbocycles. The standard InChI is InChI=1S/C20H30F3N3O3S/c1-13-14(2)16(4)19(17(5)15(13)3)30(28,29)26-9-7-25(8-10-26)11-18(27)24(6)12-20(21,22)23/h7-12H2,1-6H3. The van der Waals surface area contributed by atoms with Gasteiger partial charge < -0.3 is 4.90 Å². The van der Waals surface area contributed by atoms with Gasteiger partial charge in [-0.25, -0.2) is 8.42 Å². The maximum atomic E-state index is 13.3. The lowest BCUT2D eigenvalue weighted by Crippen LogP contribution is -2.51. The minimum atomic E-state index is -4.45. The molecule has 1 fully saturated rings. The fourth-order valence-corrected chi connectivity index (χ4v) is 5.76. The molecule has 1 amide bonds. The van der Waals surface area contributed by atoms with Crippen LogP contribution in [-0.4, -0.2) is 80.9 Å². The van der Waals surface area contributed by atoms with Crippen LogP contribution in [0.15, 0.2) is 4.90 Å². The van der Waals surface area contributed by atoms with Gasteiger partial charge in [-0.05, 0) is 62.4 Å². The van der Waals surface area contributed by atoms with Crippen molar-refractivity contribution < 1.29 is 26.4 Å². The minimum Gasteiger partial charge on any atom is -0.336 e. The molecule has 10 heteroatoms. The van der Waals surface area contributed by atoms with Crippen LogP contribution in [0.25, 0.3) is 0 Å². The average Bonchev–Trinajstić information content (AvgIpc) is 2.63. The molecule has 0 radical (unpaired) electrons. The molecule has 0 aliphatic carbocycles. The van der Waals surface area contributed by atoms with Crippen LogP contribution in [0.3, 0.4) is 0 Å². The zero-order valence-corrected chi connectivity index (χ0v) is 19.2. The third-order valence-corrected chi connectivity index (χ3v) is 8.23. The van der Waals surface area contributed by atoms with Gasteiger partial charge in [0.15, 0.2) is 0 Å². The van der Waals surface area contributed by atoms with Crippen molar-refractivity contribution >= 4 is 15.9 Å². The van der Waals surface area contributed by atoms with Gasteiger partial charge in [-0.3, -0.25) is 9.69 Å². The third kappa shape index (κ3) is 5.15. The van der Waals surface area contributed by atoms with Gasteiger partial charge in [-0.15, -0.1) is 0 Å². The summed E-state index contributed by atoms with van der Waals surface area (Å²) in [6.07, 6.45) is -4.45. The highest BCUT2D eigenvalue weighted by Gasteiger charge is 2.34. The number of nitrogens with zero attached hydrogens (tertiary/aromatic N) is 3. The Bertz CT molecular complexity index is 892. The van der Waals surface area contributed by atoms with Crippen molar-refractivity contribution in [2.75, 3.05) is 46.3 Å². The van der Waals surface area contributed by atoms with Gasteiger partial charge in [0.05, 0.1) is 11.4 Å². The summed E-state index contributed by atoms with van der Waals surface area (Å²) in [4.78, 5) is 14.7. The Balaban J connectivity index is 2.11. The van der Waals surface area contributed by atoms with Crippen LogP contribution < -0.4 is 0 Å².